The number of fused-ring (bicyclic) bond motifs is 1. The lowest BCUT2D eigenvalue weighted by molar-refractivity contribution is 0.0943. The number of hydrogen-bond donors (Lipinski definition) is 0. The third-order valence-electron chi connectivity index (χ3n) is 5.27. The summed E-state index contributed by atoms with van der Waals surface area (Å²) in [6, 6.07) is 8.05. The molecule has 0 saturated heterocycles. The largest absolute Gasteiger partial charge is 0.490 e. The second-order valence-corrected chi connectivity index (χ2v) is 7.47. The van der Waals surface area contributed by atoms with Crippen LogP contribution in [0.2, 0.25) is 0 Å². The van der Waals surface area contributed by atoms with E-state index in [0.717, 1.165) is 18.6 Å². The fourth-order valence-electron chi connectivity index (χ4n) is 3.51. The van der Waals surface area contributed by atoms with E-state index in [9.17, 15) is 4.79 Å². The van der Waals surface area contributed by atoms with E-state index in [0.29, 0.717) is 22.9 Å². The smallest absolute Gasteiger partial charge is 0.280 e. The zero-order valence-electron chi connectivity index (χ0n) is 16.1. The molecule has 4 aromatic rings. The fraction of sp³-hybridized carbons (Fsp3) is 0.350. The number of rotatable bonds is 5. The summed E-state index contributed by atoms with van der Waals surface area (Å²) in [5, 5.41) is 4.09. The molecule has 3 heterocycles. The van der Waals surface area contributed by atoms with Crippen LogP contribution in [0, 0.1) is 6.92 Å². The molecule has 0 N–H and O–H groups in total. The first-order chi connectivity index (χ1) is 14.1. The van der Waals surface area contributed by atoms with Crippen molar-refractivity contribution in [2.45, 2.75) is 38.3 Å². The number of aryl methyl sites for hydroxylation is 2. The standard InChI is InChI=1S/C20H20N6O3/c1-12-3-5-14(6-4-12)28-15-7-13(8-15)18-23-16(29-24-18)9-26-11-22-19-17(20(26)27)25(2)10-21-19/h3-6,10-11,13,15H,7-9H2,1-2H3. The highest BCUT2D eigenvalue weighted by Gasteiger charge is 2.35. The van der Waals surface area contributed by atoms with Gasteiger partial charge in [-0.2, -0.15) is 4.98 Å². The average molecular weight is 392 g/mol. The number of hydrogen-bond acceptors (Lipinski definition) is 7. The van der Waals surface area contributed by atoms with Crippen LogP contribution in [0.3, 0.4) is 0 Å². The van der Waals surface area contributed by atoms with Crippen molar-refractivity contribution in [2.24, 2.45) is 7.05 Å². The van der Waals surface area contributed by atoms with Gasteiger partial charge in [0.05, 0.1) is 6.33 Å². The van der Waals surface area contributed by atoms with E-state index in [2.05, 4.69) is 27.0 Å². The highest BCUT2D eigenvalue weighted by atomic mass is 16.5. The molecule has 1 fully saturated rings. The number of benzene rings is 1. The number of aromatic nitrogens is 6. The third-order valence-corrected chi connectivity index (χ3v) is 5.27. The Hall–Kier alpha value is -3.49. The van der Waals surface area contributed by atoms with Crippen LogP contribution < -0.4 is 10.3 Å². The predicted molar refractivity (Wildman–Crippen MR) is 104 cm³/mol. The maximum absolute atomic E-state index is 12.6. The highest BCUT2D eigenvalue weighted by molar-refractivity contribution is 5.68. The van der Waals surface area contributed by atoms with Crippen molar-refractivity contribution in [3.63, 3.8) is 0 Å². The van der Waals surface area contributed by atoms with Gasteiger partial charge in [-0.15, -0.1) is 0 Å². The molecule has 1 saturated carbocycles. The van der Waals surface area contributed by atoms with E-state index in [4.69, 9.17) is 9.26 Å². The van der Waals surface area contributed by atoms with E-state index in [-0.39, 0.29) is 24.1 Å². The van der Waals surface area contributed by atoms with Crippen LogP contribution in [0.5, 0.6) is 5.75 Å². The lowest BCUT2D eigenvalue weighted by Crippen LogP contribution is -2.32. The maximum Gasteiger partial charge on any atom is 0.280 e. The Morgan fingerprint density at radius 2 is 1.93 bits per heavy atom. The summed E-state index contributed by atoms with van der Waals surface area (Å²) in [6.45, 7) is 2.23. The second kappa shape index (κ2) is 6.84. The van der Waals surface area contributed by atoms with Gasteiger partial charge in [0.2, 0.25) is 5.89 Å². The molecule has 0 bridgehead atoms. The molecule has 29 heavy (non-hydrogen) atoms. The molecule has 0 atom stereocenters. The molecular formula is C20H20N6O3. The van der Waals surface area contributed by atoms with Crippen molar-refractivity contribution >= 4 is 11.2 Å². The van der Waals surface area contributed by atoms with Gasteiger partial charge in [0.15, 0.2) is 17.0 Å². The van der Waals surface area contributed by atoms with Crippen molar-refractivity contribution in [3.8, 4) is 5.75 Å². The third kappa shape index (κ3) is 3.28. The van der Waals surface area contributed by atoms with E-state index in [1.54, 1.807) is 17.9 Å². The number of nitrogens with zero attached hydrogens (tertiary/aromatic N) is 6. The SMILES string of the molecule is Cc1ccc(OC2CC(c3noc(Cn4cnc5ncn(C)c5c4=O)n3)C2)cc1. The summed E-state index contributed by atoms with van der Waals surface area (Å²) < 4.78 is 14.4. The first-order valence-corrected chi connectivity index (χ1v) is 9.49. The average Bonchev–Trinajstić information content (AvgIpc) is 3.29. The summed E-state index contributed by atoms with van der Waals surface area (Å²) in [6.07, 6.45) is 4.87. The van der Waals surface area contributed by atoms with Gasteiger partial charge in [0, 0.05) is 13.0 Å². The van der Waals surface area contributed by atoms with Crippen LogP contribution in [0.1, 0.15) is 36.0 Å². The molecule has 0 amide bonds. The van der Waals surface area contributed by atoms with Crippen LogP contribution in [0.25, 0.3) is 11.2 Å². The van der Waals surface area contributed by atoms with Gasteiger partial charge in [-0.1, -0.05) is 22.9 Å². The van der Waals surface area contributed by atoms with Gasteiger partial charge < -0.3 is 13.8 Å². The minimum atomic E-state index is -0.190. The molecule has 5 rings (SSSR count). The topological polar surface area (TPSA) is 101 Å². The van der Waals surface area contributed by atoms with E-state index in [1.165, 1.54) is 16.5 Å². The Morgan fingerprint density at radius 1 is 1.17 bits per heavy atom. The molecule has 3 aromatic heterocycles. The molecule has 0 radical (unpaired) electrons. The first-order valence-electron chi connectivity index (χ1n) is 9.49. The molecule has 0 unspecified atom stereocenters. The van der Waals surface area contributed by atoms with E-state index < -0.39 is 0 Å². The van der Waals surface area contributed by atoms with Gasteiger partial charge in [0.25, 0.3) is 5.56 Å². The molecule has 9 heteroatoms. The summed E-state index contributed by atoms with van der Waals surface area (Å²) in [7, 11) is 1.76. The molecule has 1 aliphatic rings. The van der Waals surface area contributed by atoms with Crippen LogP contribution >= 0.6 is 0 Å². The van der Waals surface area contributed by atoms with Gasteiger partial charge in [-0.05, 0) is 31.9 Å². The van der Waals surface area contributed by atoms with Gasteiger partial charge in [-0.3, -0.25) is 9.36 Å². The summed E-state index contributed by atoms with van der Waals surface area (Å²) in [4.78, 5) is 25.4. The lowest BCUT2D eigenvalue weighted by Gasteiger charge is -2.33. The fourth-order valence-corrected chi connectivity index (χ4v) is 3.51. The number of ether oxygens (including phenoxy) is 1. The molecule has 148 valence electrons. The predicted octanol–water partition coefficient (Wildman–Crippen LogP) is 2.19. The normalized spacial score (nSPS) is 18.7. The summed E-state index contributed by atoms with van der Waals surface area (Å²) >= 11 is 0. The molecule has 1 aromatic carbocycles. The minimum absolute atomic E-state index is 0.156. The highest BCUT2D eigenvalue weighted by Crippen LogP contribution is 2.37. The van der Waals surface area contributed by atoms with Crippen molar-refractivity contribution in [1.82, 2.24) is 29.2 Å². The molecule has 1 aliphatic carbocycles. The van der Waals surface area contributed by atoms with Gasteiger partial charge in [0.1, 0.15) is 24.7 Å². The Kier molecular flexibility index (Phi) is 4.15. The monoisotopic (exact) mass is 392 g/mol. The number of imidazole rings is 1. The Morgan fingerprint density at radius 3 is 2.72 bits per heavy atom. The van der Waals surface area contributed by atoms with Gasteiger partial charge in [-0.25, -0.2) is 9.97 Å². The summed E-state index contributed by atoms with van der Waals surface area (Å²) in [5.41, 5.74) is 1.89. The Labute approximate surface area is 166 Å². The Balaban J connectivity index is 1.24. The van der Waals surface area contributed by atoms with Crippen molar-refractivity contribution in [2.75, 3.05) is 0 Å². The Bertz CT molecular complexity index is 1220. The molecule has 0 aliphatic heterocycles. The minimum Gasteiger partial charge on any atom is -0.490 e. The molecule has 0 spiro atoms. The molecular weight excluding hydrogens is 372 g/mol. The second-order valence-electron chi connectivity index (χ2n) is 7.47. The maximum atomic E-state index is 12.6. The van der Waals surface area contributed by atoms with E-state index >= 15 is 0 Å². The summed E-state index contributed by atoms with van der Waals surface area (Å²) in [5.74, 6) is 2.13. The van der Waals surface area contributed by atoms with Crippen LogP contribution in [0.4, 0.5) is 0 Å². The zero-order valence-corrected chi connectivity index (χ0v) is 16.1. The van der Waals surface area contributed by atoms with Crippen LogP contribution in [-0.2, 0) is 13.6 Å². The van der Waals surface area contributed by atoms with Gasteiger partial charge >= 0.3 is 0 Å². The van der Waals surface area contributed by atoms with Crippen molar-refractivity contribution in [1.29, 1.82) is 0 Å². The zero-order chi connectivity index (χ0) is 20.0. The lowest BCUT2D eigenvalue weighted by atomic mass is 9.81. The van der Waals surface area contributed by atoms with Crippen LogP contribution in [-0.4, -0.2) is 35.3 Å². The van der Waals surface area contributed by atoms with Crippen LogP contribution in [0.15, 0.2) is 46.2 Å². The van der Waals surface area contributed by atoms with E-state index in [1.807, 2.05) is 24.3 Å². The molecule has 9 nitrogen and oxygen atoms in total. The van der Waals surface area contributed by atoms with Crippen molar-refractivity contribution < 1.29 is 9.26 Å². The van der Waals surface area contributed by atoms with Crippen molar-refractivity contribution in [3.05, 3.63) is 64.6 Å². The first kappa shape index (κ1) is 17.6. The quantitative estimate of drug-likeness (QED) is 0.513.